The Balaban J connectivity index is 1.50. The normalized spacial score (nSPS) is 21.1. The fourth-order valence-corrected chi connectivity index (χ4v) is 6.54. The number of rotatable bonds is 10. The Morgan fingerprint density at radius 3 is 2.32 bits per heavy atom. The summed E-state index contributed by atoms with van der Waals surface area (Å²) in [5.41, 5.74) is 0.759. The van der Waals surface area contributed by atoms with Crippen LogP contribution in [-0.4, -0.2) is 76.8 Å². The van der Waals surface area contributed by atoms with Gasteiger partial charge in [-0.1, -0.05) is 18.7 Å². The first-order valence-corrected chi connectivity index (χ1v) is 14.7. The van der Waals surface area contributed by atoms with E-state index >= 15 is 0 Å². The molecule has 11 heteroatoms. The van der Waals surface area contributed by atoms with Crippen molar-refractivity contribution in [2.75, 3.05) is 32.7 Å². The molecule has 3 rings (SSSR count). The molecule has 2 aliphatic heterocycles. The van der Waals surface area contributed by atoms with Crippen LogP contribution in [-0.2, 0) is 31.3 Å². The maximum absolute atomic E-state index is 13.0. The highest BCUT2D eigenvalue weighted by atomic mass is 32.2. The van der Waals surface area contributed by atoms with Gasteiger partial charge in [-0.2, -0.15) is 4.31 Å². The molecular formula is C23H36N4O5S2. The third-order valence-electron chi connectivity index (χ3n) is 6.59. The van der Waals surface area contributed by atoms with Crippen molar-refractivity contribution in [3.05, 3.63) is 41.8 Å². The van der Waals surface area contributed by atoms with Crippen molar-refractivity contribution in [2.24, 2.45) is 5.92 Å². The number of hydrogen-bond donors (Lipinski definition) is 2. The minimum absolute atomic E-state index is 0.0528. The van der Waals surface area contributed by atoms with E-state index in [2.05, 4.69) is 35.4 Å². The predicted molar refractivity (Wildman–Crippen MR) is 132 cm³/mol. The Bertz CT molecular complexity index is 1060. The van der Waals surface area contributed by atoms with Crippen LogP contribution in [0.3, 0.4) is 0 Å². The second kappa shape index (κ2) is 11.3. The molecule has 2 heterocycles. The molecule has 1 aromatic rings. The zero-order chi connectivity index (χ0) is 24.9. The summed E-state index contributed by atoms with van der Waals surface area (Å²) in [6, 6.07) is 7.13. The second-order valence-electron chi connectivity index (χ2n) is 9.37. The molecule has 190 valence electrons. The summed E-state index contributed by atoms with van der Waals surface area (Å²) < 4.78 is 52.8. The van der Waals surface area contributed by atoms with Crippen molar-refractivity contribution < 1.29 is 21.6 Å². The molecule has 2 aliphatic rings. The zero-order valence-corrected chi connectivity index (χ0v) is 21.6. The van der Waals surface area contributed by atoms with Gasteiger partial charge in [-0.05, 0) is 56.7 Å². The maximum Gasteiger partial charge on any atom is 0.243 e. The van der Waals surface area contributed by atoms with E-state index in [1.165, 1.54) is 16.4 Å². The predicted octanol–water partition coefficient (Wildman–Crippen LogP) is 1.29. The monoisotopic (exact) mass is 512 g/mol. The zero-order valence-electron chi connectivity index (χ0n) is 19.9. The van der Waals surface area contributed by atoms with Crippen molar-refractivity contribution in [3.8, 4) is 0 Å². The molecule has 1 aromatic carbocycles. The maximum atomic E-state index is 13.0. The van der Waals surface area contributed by atoms with E-state index in [4.69, 9.17) is 0 Å². The Kier molecular flexibility index (Phi) is 8.91. The number of amides is 1. The van der Waals surface area contributed by atoms with Crippen LogP contribution < -0.4 is 10.0 Å². The van der Waals surface area contributed by atoms with Crippen LogP contribution in [0.25, 0.3) is 0 Å². The average molecular weight is 513 g/mol. The molecule has 1 atom stereocenters. The third-order valence-corrected chi connectivity index (χ3v) is 9.48. The highest BCUT2D eigenvalue weighted by Crippen LogP contribution is 2.24. The summed E-state index contributed by atoms with van der Waals surface area (Å²) in [5, 5.41) is 3.94. The van der Waals surface area contributed by atoms with Crippen molar-refractivity contribution in [3.63, 3.8) is 0 Å². The molecule has 0 aliphatic carbocycles. The Morgan fingerprint density at radius 2 is 1.74 bits per heavy atom. The van der Waals surface area contributed by atoms with Crippen LogP contribution in [0.15, 0.2) is 41.1 Å². The number of benzene rings is 1. The van der Waals surface area contributed by atoms with Gasteiger partial charge in [0.1, 0.15) is 0 Å². The number of sulfonamides is 2. The molecular weight excluding hydrogens is 476 g/mol. The summed E-state index contributed by atoms with van der Waals surface area (Å²) in [6.45, 7) is 10.3. The van der Waals surface area contributed by atoms with Gasteiger partial charge in [0, 0.05) is 50.2 Å². The molecule has 0 radical (unpaired) electrons. The molecule has 9 nitrogen and oxygen atoms in total. The van der Waals surface area contributed by atoms with Crippen molar-refractivity contribution in [1.82, 2.24) is 19.2 Å². The molecule has 1 amide bonds. The van der Waals surface area contributed by atoms with Crippen LogP contribution in [0.1, 0.15) is 38.7 Å². The Labute approximate surface area is 203 Å². The van der Waals surface area contributed by atoms with Gasteiger partial charge in [0.15, 0.2) is 0 Å². The summed E-state index contributed by atoms with van der Waals surface area (Å²) in [7, 11) is -7.21. The van der Waals surface area contributed by atoms with E-state index in [1.54, 1.807) is 12.1 Å². The van der Waals surface area contributed by atoms with E-state index in [0.29, 0.717) is 19.0 Å². The highest BCUT2D eigenvalue weighted by molar-refractivity contribution is 7.92. The number of nitrogens with one attached hydrogen (secondary N) is 2. The minimum Gasteiger partial charge on any atom is -0.353 e. The summed E-state index contributed by atoms with van der Waals surface area (Å²) in [5.74, 6) is -0.150. The average Bonchev–Trinajstić information content (AvgIpc) is 3.29. The topological polar surface area (TPSA) is 116 Å². The van der Waals surface area contributed by atoms with Gasteiger partial charge in [0.2, 0.25) is 26.0 Å². The van der Waals surface area contributed by atoms with Crippen molar-refractivity contribution in [2.45, 2.75) is 56.5 Å². The van der Waals surface area contributed by atoms with E-state index in [-0.39, 0.29) is 42.3 Å². The SMILES string of the molecule is C=CS(=O)(=O)NC[C@H]1CCN(S(=O)(=O)c2ccc(CC(=O)NC3CCN(C(C)C)CC3)cc2)C1. The lowest BCUT2D eigenvalue weighted by atomic mass is 10.0. The fourth-order valence-electron chi connectivity index (χ4n) is 4.43. The molecule has 0 bridgehead atoms. The third kappa shape index (κ3) is 7.11. The van der Waals surface area contributed by atoms with Crippen molar-refractivity contribution >= 4 is 26.0 Å². The molecule has 34 heavy (non-hydrogen) atoms. The number of carbonyl (C=O) groups is 1. The number of piperidine rings is 1. The van der Waals surface area contributed by atoms with E-state index in [1.807, 2.05) is 0 Å². The molecule has 0 aromatic heterocycles. The quantitative estimate of drug-likeness (QED) is 0.488. The highest BCUT2D eigenvalue weighted by Gasteiger charge is 2.33. The van der Waals surface area contributed by atoms with Gasteiger partial charge < -0.3 is 10.2 Å². The smallest absolute Gasteiger partial charge is 0.243 e. The second-order valence-corrected chi connectivity index (χ2v) is 13.0. The lowest BCUT2D eigenvalue weighted by molar-refractivity contribution is -0.121. The van der Waals surface area contributed by atoms with Gasteiger partial charge in [-0.15, -0.1) is 0 Å². The summed E-state index contributed by atoms with van der Waals surface area (Å²) in [6.07, 6.45) is 2.66. The molecule has 0 unspecified atom stereocenters. The first-order chi connectivity index (χ1) is 16.0. The van der Waals surface area contributed by atoms with Crippen LogP contribution in [0.5, 0.6) is 0 Å². The van der Waals surface area contributed by atoms with Gasteiger partial charge in [0.05, 0.1) is 11.3 Å². The molecule has 2 N–H and O–H groups in total. The van der Waals surface area contributed by atoms with Crippen LogP contribution in [0.2, 0.25) is 0 Å². The summed E-state index contributed by atoms with van der Waals surface area (Å²) in [4.78, 5) is 15.0. The van der Waals surface area contributed by atoms with Gasteiger partial charge in [-0.25, -0.2) is 21.6 Å². The van der Waals surface area contributed by atoms with Crippen LogP contribution in [0.4, 0.5) is 0 Å². The Hall–Kier alpha value is -1.79. The van der Waals surface area contributed by atoms with Gasteiger partial charge in [0.25, 0.3) is 0 Å². The largest absolute Gasteiger partial charge is 0.353 e. The van der Waals surface area contributed by atoms with E-state index < -0.39 is 20.0 Å². The first kappa shape index (κ1) is 26.8. The van der Waals surface area contributed by atoms with Crippen LogP contribution in [0, 0.1) is 5.92 Å². The van der Waals surface area contributed by atoms with E-state index in [0.717, 1.165) is 36.9 Å². The number of likely N-dealkylation sites (tertiary alicyclic amines) is 1. The molecule has 0 saturated carbocycles. The van der Waals surface area contributed by atoms with E-state index in [9.17, 15) is 21.6 Å². The van der Waals surface area contributed by atoms with Crippen molar-refractivity contribution in [1.29, 1.82) is 0 Å². The van der Waals surface area contributed by atoms with Crippen LogP contribution >= 0.6 is 0 Å². The lowest BCUT2D eigenvalue weighted by Crippen LogP contribution is -2.46. The molecule has 2 saturated heterocycles. The minimum atomic E-state index is -3.68. The summed E-state index contributed by atoms with van der Waals surface area (Å²) >= 11 is 0. The standard InChI is InChI=1S/C23H36N4O5S2/c1-4-33(29,30)24-16-20-9-14-27(17-20)34(31,32)22-7-5-19(6-8-22)15-23(28)25-21-10-12-26(13-11-21)18(2)3/h4-8,18,20-21,24H,1,9-17H2,2-3H3,(H,25,28)/t20-/m1/s1. The number of hydrogen-bond acceptors (Lipinski definition) is 6. The number of carbonyl (C=O) groups excluding carboxylic acids is 1. The first-order valence-electron chi connectivity index (χ1n) is 11.7. The lowest BCUT2D eigenvalue weighted by Gasteiger charge is -2.34. The number of nitrogens with zero attached hydrogens (tertiary/aromatic N) is 2. The molecule has 0 spiro atoms. The Morgan fingerprint density at radius 1 is 1.09 bits per heavy atom. The van der Waals surface area contributed by atoms with Gasteiger partial charge in [-0.3, -0.25) is 4.79 Å². The van der Waals surface area contributed by atoms with Gasteiger partial charge >= 0.3 is 0 Å². The fraction of sp³-hybridized carbons (Fsp3) is 0.609. The molecule has 2 fully saturated rings.